The molecule has 23 heavy (non-hydrogen) atoms. The Morgan fingerprint density at radius 1 is 1.22 bits per heavy atom. The van der Waals surface area contributed by atoms with Gasteiger partial charge in [-0.15, -0.1) is 0 Å². The molecule has 0 aliphatic rings. The molecule has 3 rings (SSSR count). The van der Waals surface area contributed by atoms with Gasteiger partial charge in [0.25, 0.3) is 5.22 Å². The van der Waals surface area contributed by atoms with E-state index in [0.29, 0.717) is 17.5 Å². The molecule has 0 aliphatic heterocycles. The Hall–Kier alpha value is -2.34. The number of oxazole rings is 1. The number of carbonyl (C=O) groups excluding carboxylic acids is 1. The maximum atomic E-state index is 12.4. The van der Waals surface area contributed by atoms with Crippen molar-refractivity contribution in [2.24, 2.45) is 0 Å². The number of para-hydroxylation sites is 2. The van der Waals surface area contributed by atoms with Crippen molar-refractivity contribution in [3.63, 3.8) is 0 Å². The van der Waals surface area contributed by atoms with Crippen molar-refractivity contribution in [1.82, 2.24) is 9.97 Å². The molecule has 1 atom stereocenters. The highest BCUT2D eigenvalue weighted by Gasteiger charge is 2.21. The van der Waals surface area contributed by atoms with E-state index in [1.165, 1.54) is 11.8 Å². The molecule has 0 saturated heterocycles. The summed E-state index contributed by atoms with van der Waals surface area (Å²) >= 11 is 1.33. The SMILES string of the molecule is CCC(Sc1nc2ccccc2o1)C(=O)Nc1cccc(C)n1. The lowest BCUT2D eigenvalue weighted by atomic mass is 10.3. The minimum atomic E-state index is -0.287. The Bertz CT molecular complexity index is 798. The summed E-state index contributed by atoms with van der Waals surface area (Å²) in [6, 6.07) is 13.1. The van der Waals surface area contributed by atoms with E-state index in [0.717, 1.165) is 16.8 Å². The minimum Gasteiger partial charge on any atom is -0.431 e. The molecule has 0 saturated carbocycles. The second-order valence-corrected chi connectivity index (χ2v) is 6.27. The zero-order valence-electron chi connectivity index (χ0n) is 12.9. The van der Waals surface area contributed by atoms with Crippen molar-refractivity contribution in [3.8, 4) is 0 Å². The van der Waals surface area contributed by atoms with Gasteiger partial charge in [0.1, 0.15) is 11.3 Å². The zero-order chi connectivity index (χ0) is 16.2. The molecular formula is C17H17N3O2S. The van der Waals surface area contributed by atoms with Crippen molar-refractivity contribution >= 4 is 34.6 Å². The third-order valence-electron chi connectivity index (χ3n) is 3.32. The number of thioether (sulfide) groups is 1. The summed E-state index contributed by atoms with van der Waals surface area (Å²) in [5, 5.41) is 3.07. The van der Waals surface area contributed by atoms with Crippen LogP contribution in [0, 0.1) is 6.92 Å². The standard InChI is InChI=1S/C17H17N3O2S/c1-3-14(16(21)20-15-10-6-7-11(2)18-15)23-17-19-12-8-4-5-9-13(12)22-17/h4-10,14H,3H2,1-2H3,(H,18,20,21). The van der Waals surface area contributed by atoms with Gasteiger partial charge >= 0.3 is 0 Å². The molecule has 2 aromatic heterocycles. The highest BCUT2D eigenvalue weighted by Crippen LogP contribution is 2.28. The van der Waals surface area contributed by atoms with E-state index in [4.69, 9.17) is 4.42 Å². The monoisotopic (exact) mass is 327 g/mol. The largest absolute Gasteiger partial charge is 0.431 e. The number of hydrogen-bond acceptors (Lipinski definition) is 5. The van der Waals surface area contributed by atoms with Gasteiger partial charge < -0.3 is 9.73 Å². The smallest absolute Gasteiger partial charge is 0.257 e. The van der Waals surface area contributed by atoms with Crippen molar-refractivity contribution in [1.29, 1.82) is 0 Å². The van der Waals surface area contributed by atoms with E-state index >= 15 is 0 Å². The highest BCUT2D eigenvalue weighted by atomic mass is 32.2. The van der Waals surface area contributed by atoms with E-state index in [1.807, 2.05) is 50.2 Å². The number of nitrogens with zero attached hydrogens (tertiary/aromatic N) is 2. The quantitative estimate of drug-likeness (QED) is 0.716. The molecule has 3 aromatic rings. The van der Waals surface area contributed by atoms with Crippen LogP contribution in [0.4, 0.5) is 5.82 Å². The van der Waals surface area contributed by atoms with Gasteiger partial charge in [0.05, 0.1) is 5.25 Å². The predicted molar refractivity (Wildman–Crippen MR) is 91.5 cm³/mol. The molecule has 6 heteroatoms. The lowest BCUT2D eigenvalue weighted by Gasteiger charge is -2.12. The van der Waals surface area contributed by atoms with Crippen LogP contribution in [0.3, 0.4) is 0 Å². The van der Waals surface area contributed by atoms with E-state index in [9.17, 15) is 4.79 Å². The van der Waals surface area contributed by atoms with Gasteiger partial charge in [0, 0.05) is 5.69 Å². The maximum absolute atomic E-state index is 12.4. The first kappa shape index (κ1) is 15.6. The summed E-state index contributed by atoms with van der Waals surface area (Å²) < 4.78 is 5.68. The van der Waals surface area contributed by atoms with E-state index in [1.54, 1.807) is 6.07 Å². The fraction of sp³-hybridized carbons (Fsp3) is 0.235. The molecular weight excluding hydrogens is 310 g/mol. The minimum absolute atomic E-state index is 0.0992. The number of anilines is 1. The molecule has 0 aliphatic carbocycles. The summed E-state index contributed by atoms with van der Waals surface area (Å²) in [5.74, 6) is 0.462. The van der Waals surface area contributed by atoms with Crippen LogP contribution in [-0.2, 0) is 4.79 Å². The zero-order valence-corrected chi connectivity index (χ0v) is 13.8. The Labute approximate surface area is 138 Å². The van der Waals surface area contributed by atoms with Crippen LogP contribution >= 0.6 is 11.8 Å². The van der Waals surface area contributed by atoms with Gasteiger partial charge in [-0.2, -0.15) is 0 Å². The van der Waals surface area contributed by atoms with Crippen LogP contribution in [-0.4, -0.2) is 21.1 Å². The number of amides is 1. The third-order valence-corrected chi connectivity index (χ3v) is 4.53. The maximum Gasteiger partial charge on any atom is 0.257 e. The number of aromatic nitrogens is 2. The molecule has 2 heterocycles. The summed E-state index contributed by atoms with van der Waals surface area (Å²) in [6.45, 7) is 3.85. The molecule has 0 bridgehead atoms. The fourth-order valence-corrected chi connectivity index (χ4v) is 3.03. The molecule has 1 amide bonds. The number of pyridine rings is 1. The summed E-state index contributed by atoms with van der Waals surface area (Å²) in [4.78, 5) is 21.1. The van der Waals surface area contributed by atoms with Crippen molar-refractivity contribution in [3.05, 3.63) is 48.2 Å². The van der Waals surface area contributed by atoms with E-state index in [2.05, 4.69) is 15.3 Å². The lowest BCUT2D eigenvalue weighted by molar-refractivity contribution is -0.115. The van der Waals surface area contributed by atoms with Gasteiger partial charge in [-0.05, 0) is 37.6 Å². The number of fused-ring (bicyclic) bond motifs is 1. The number of carbonyl (C=O) groups is 1. The average Bonchev–Trinajstić information content (AvgIpc) is 2.95. The number of benzene rings is 1. The Balaban J connectivity index is 1.72. The van der Waals surface area contributed by atoms with Crippen molar-refractivity contribution < 1.29 is 9.21 Å². The van der Waals surface area contributed by atoms with E-state index in [-0.39, 0.29) is 11.2 Å². The van der Waals surface area contributed by atoms with E-state index < -0.39 is 0 Å². The molecule has 0 radical (unpaired) electrons. The van der Waals surface area contributed by atoms with Gasteiger partial charge in [-0.25, -0.2) is 9.97 Å². The second kappa shape index (κ2) is 6.83. The molecule has 1 unspecified atom stereocenters. The van der Waals surface area contributed by atoms with Crippen molar-refractivity contribution in [2.75, 3.05) is 5.32 Å². The highest BCUT2D eigenvalue weighted by molar-refractivity contribution is 8.00. The van der Waals surface area contributed by atoms with Crippen LogP contribution in [0.1, 0.15) is 19.0 Å². The van der Waals surface area contributed by atoms with Gasteiger partial charge in [0.15, 0.2) is 5.58 Å². The summed E-state index contributed by atoms with van der Waals surface area (Å²) in [6.07, 6.45) is 0.668. The Kier molecular flexibility index (Phi) is 4.62. The second-order valence-electron chi connectivity index (χ2n) is 5.12. The van der Waals surface area contributed by atoms with Gasteiger partial charge in [0.2, 0.25) is 5.91 Å². The lowest BCUT2D eigenvalue weighted by Crippen LogP contribution is -2.25. The van der Waals surface area contributed by atoms with Crippen LogP contribution in [0.15, 0.2) is 52.1 Å². The Morgan fingerprint density at radius 2 is 2.04 bits per heavy atom. The van der Waals surface area contributed by atoms with Crippen LogP contribution in [0.2, 0.25) is 0 Å². The molecule has 1 N–H and O–H groups in total. The molecule has 0 fully saturated rings. The molecule has 0 spiro atoms. The molecule has 5 nitrogen and oxygen atoms in total. The average molecular weight is 327 g/mol. The topological polar surface area (TPSA) is 68.0 Å². The first-order valence-electron chi connectivity index (χ1n) is 7.42. The summed E-state index contributed by atoms with van der Waals surface area (Å²) in [5.41, 5.74) is 2.39. The van der Waals surface area contributed by atoms with Crippen molar-refractivity contribution in [2.45, 2.75) is 30.7 Å². The fourth-order valence-electron chi connectivity index (χ4n) is 2.16. The predicted octanol–water partition coefficient (Wildman–Crippen LogP) is 4.04. The van der Waals surface area contributed by atoms with Crippen LogP contribution < -0.4 is 5.32 Å². The number of rotatable bonds is 5. The van der Waals surface area contributed by atoms with Crippen LogP contribution in [0.5, 0.6) is 0 Å². The summed E-state index contributed by atoms with van der Waals surface area (Å²) in [7, 11) is 0. The molecule has 118 valence electrons. The van der Waals surface area contributed by atoms with Gasteiger partial charge in [-0.3, -0.25) is 4.79 Å². The Morgan fingerprint density at radius 3 is 2.78 bits per heavy atom. The number of aryl methyl sites for hydroxylation is 1. The third kappa shape index (κ3) is 3.71. The first-order chi connectivity index (χ1) is 11.2. The number of nitrogens with one attached hydrogen (secondary N) is 1. The molecule has 1 aromatic carbocycles. The van der Waals surface area contributed by atoms with Gasteiger partial charge in [-0.1, -0.05) is 36.9 Å². The van der Waals surface area contributed by atoms with Crippen LogP contribution in [0.25, 0.3) is 11.1 Å². The number of hydrogen-bond donors (Lipinski definition) is 1. The first-order valence-corrected chi connectivity index (χ1v) is 8.30. The normalized spacial score (nSPS) is 12.3.